The molecule has 2 rings (SSSR count). The lowest BCUT2D eigenvalue weighted by atomic mass is 9.97. The molecule has 18 heavy (non-hydrogen) atoms. The maximum atomic E-state index is 6.22. The Labute approximate surface area is 115 Å². The zero-order chi connectivity index (χ0) is 13.0. The molecule has 1 aliphatic rings. The summed E-state index contributed by atoms with van der Waals surface area (Å²) in [5.41, 5.74) is 1.20. The van der Waals surface area contributed by atoms with E-state index in [1.807, 2.05) is 18.2 Å². The topological polar surface area (TPSA) is 15.3 Å². The summed E-state index contributed by atoms with van der Waals surface area (Å²) in [6.45, 7) is 5.73. The number of hydrogen-bond donors (Lipinski definition) is 1. The van der Waals surface area contributed by atoms with Gasteiger partial charge in [-0.1, -0.05) is 29.8 Å². The van der Waals surface area contributed by atoms with Gasteiger partial charge in [0.05, 0.1) is 0 Å². The van der Waals surface area contributed by atoms with Gasteiger partial charge in [-0.2, -0.15) is 0 Å². The molecular formula is C15H23ClN2. The van der Waals surface area contributed by atoms with E-state index in [9.17, 15) is 0 Å². The van der Waals surface area contributed by atoms with E-state index in [0.29, 0.717) is 6.04 Å². The summed E-state index contributed by atoms with van der Waals surface area (Å²) in [6.07, 6.45) is 2.66. The number of halogens is 1. The van der Waals surface area contributed by atoms with Gasteiger partial charge in [0, 0.05) is 17.6 Å². The van der Waals surface area contributed by atoms with Crippen molar-refractivity contribution < 1.29 is 0 Å². The molecule has 1 saturated heterocycles. The minimum Gasteiger partial charge on any atom is -0.310 e. The van der Waals surface area contributed by atoms with Crippen molar-refractivity contribution >= 4 is 11.6 Å². The molecule has 1 fully saturated rings. The molecule has 3 heteroatoms. The fourth-order valence-electron chi connectivity index (χ4n) is 2.72. The van der Waals surface area contributed by atoms with E-state index < -0.39 is 0 Å². The molecule has 1 heterocycles. The van der Waals surface area contributed by atoms with Crippen molar-refractivity contribution in [3.63, 3.8) is 0 Å². The van der Waals surface area contributed by atoms with Gasteiger partial charge in [-0.25, -0.2) is 0 Å². The van der Waals surface area contributed by atoms with Crippen LogP contribution in [0.15, 0.2) is 24.3 Å². The first kappa shape index (κ1) is 13.9. The van der Waals surface area contributed by atoms with Crippen LogP contribution in [0, 0.1) is 5.92 Å². The number of nitrogens with zero attached hydrogens (tertiary/aromatic N) is 1. The summed E-state index contributed by atoms with van der Waals surface area (Å²) in [7, 11) is 2.21. The number of benzene rings is 1. The first-order valence-corrected chi connectivity index (χ1v) is 7.21. The highest BCUT2D eigenvalue weighted by Crippen LogP contribution is 2.23. The lowest BCUT2D eigenvalue weighted by Gasteiger charge is -2.30. The molecule has 0 radical (unpaired) electrons. The summed E-state index contributed by atoms with van der Waals surface area (Å²) in [4.78, 5) is 2.43. The molecule has 0 aliphatic carbocycles. The predicted octanol–water partition coefficient (Wildman–Crippen LogP) is 3.33. The largest absolute Gasteiger partial charge is 0.310 e. The quantitative estimate of drug-likeness (QED) is 0.899. The maximum absolute atomic E-state index is 6.22. The molecule has 1 N–H and O–H groups in total. The average molecular weight is 267 g/mol. The molecule has 0 spiro atoms. The molecule has 1 aromatic carbocycles. The fourth-order valence-corrected chi connectivity index (χ4v) is 3.02. The van der Waals surface area contributed by atoms with Crippen molar-refractivity contribution in [3.05, 3.63) is 34.9 Å². The highest BCUT2D eigenvalue weighted by atomic mass is 35.5. The van der Waals surface area contributed by atoms with E-state index in [0.717, 1.165) is 17.5 Å². The van der Waals surface area contributed by atoms with Gasteiger partial charge in [-0.05, 0) is 57.5 Å². The Morgan fingerprint density at radius 1 is 1.44 bits per heavy atom. The van der Waals surface area contributed by atoms with Crippen molar-refractivity contribution in [2.45, 2.75) is 25.8 Å². The van der Waals surface area contributed by atoms with Gasteiger partial charge in [0.15, 0.2) is 0 Å². The molecule has 2 nitrogen and oxygen atoms in total. The van der Waals surface area contributed by atoms with E-state index in [1.54, 1.807) is 0 Å². The van der Waals surface area contributed by atoms with Crippen LogP contribution >= 0.6 is 11.6 Å². The first-order valence-electron chi connectivity index (χ1n) is 6.83. The minimum atomic E-state index is 0.325. The van der Waals surface area contributed by atoms with E-state index in [2.05, 4.69) is 30.3 Å². The summed E-state index contributed by atoms with van der Waals surface area (Å²) in [6, 6.07) is 8.42. The lowest BCUT2D eigenvalue weighted by molar-refractivity contribution is 0.203. The van der Waals surface area contributed by atoms with E-state index in [-0.39, 0.29) is 0 Å². The molecule has 0 saturated carbocycles. The second kappa shape index (κ2) is 6.55. The van der Waals surface area contributed by atoms with Crippen LogP contribution in [-0.4, -0.2) is 31.6 Å². The van der Waals surface area contributed by atoms with Gasteiger partial charge in [-0.15, -0.1) is 0 Å². The van der Waals surface area contributed by atoms with Gasteiger partial charge in [0.1, 0.15) is 0 Å². The van der Waals surface area contributed by atoms with Crippen LogP contribution in [0.3, 0.4) is 0 Å². The average Bonchev–Trinajstić information content (AvgIpc) is 2.37. The fraction of sp³-hybridized carbons (Fsp3) is 0.600. The Hall–Kier alpha value is -0.570. The monoisotopic (exact) mass is 266 g/mol. The normalized spacial score (nSPS) is 22.9. The van der Waals surface area contributed by atoms with Gasteiger partial charge >= 0.3 is 0 Å². The molecular weight excluding hydrogens is 244 g/mol. The maximum Gasteiger partial charge on any atom is 0.0453 e. The summed E-state index contributed by atoms with van der Waals surface area (Å²) in [5, 5.41) is 4.48. The van der Waals surface area contributed by atoms with Crippen LogP contribution in [0.5, 0.6) is 0 Å². The van der Waals surface area contributed by atoms with Crippen molar-refractivity contribution in [2.75, 3.05) is 26.7 Å². The number of nitrogens with one attached hydrogen (secondary N) is 1. The minimum absolute atomic E-state index is 0.325. The van der Waals surface area contributed by atoms with Gasteiger partial charge in [0.25, 0.3) is 0 Å². The van der Waals surface area contributed by atoms with Crippen LogP contribution in [0.1, 0.15) is 31.4 Å². The lowest BCUT2D eigenvalue weighted by Crippen LogP contribution is -2.38. The van der Waals surface area contributed by atoms with Crippen LogP contribution in [0.25, 0.3) is 0 Å². The second-order valence-corrected chi connectivity index (χ2v) is 5.83. The molecule has 2 atom stereocenters. The number of likely N-dealkylation sites (tertiary alicyclic amines) is 1. The third-order valence-corrected chi connectivity index (χ3v) is 4.15. The van der Waals surface area contributed by atoms with Crippen LogP contribution in [-0.2, 0) is 0 Å². The Balaban J connectivity index is 1.84. The predicted molar refractivity (Wildman–Crippen MR) is 78.1 cm³/mol. The molecule has 1 aliphatic heterocycles. The summed E-state index contributed by atoms with van der Waals surface area (Å²) in [5.74, 6) is 0.772. The molecule has 0 aromatic heterocycles. The van der Waals surface area contributed by atoms with E-state index >= 15 is 0 Å². The van der Waals surface area contributed by atoms with E-state index in [1.165, 1.54) is 31.5 Å². The zero-order valence-corrected chi connectivity index (χ0v) is 12.1. The molecule has 1 aromatic rings. The van der Waals surface area contributed by atoms with Crippen molar-refractivity contribution in [3.8, 4) is 0 Å². The highest BCUT2D eigenvalue weighted by Gasteiger charge is 2.18. The molecule has 0 amide bonds. The standard InChI is InChI=1S/C15H23ClN2/c1-12(14-7-3-4-8-15(14)16)17-10-13-6-5-9-18(2)11-13/h3-4,7-8,12-13,17H,5-6,9-11H2,1-2H3/t12-,13?/m0/s1. The van der Waals surface area contributed by atoms with Crippen LogP contribution in [0.4, 0.5) is 0 Å². The van der Waals surface area contributed by atoms with Crippen LogP contribution in [0.2, 0.25) is 5.02 Å². The summed E-state index contributed by atoms with van der Waals surface area (Å²) >= 11 is 6.22. The van der Waals surface area contributed by atoms with Crippen molar-refractivity contribution in [2.24, 2.45) is 5.92 Å². The Bertz CT molecular complexity index is 381. The van der Waals surface area contributed by atoms with Gasteiger partial charge < -0.3 is 10.2 Å². The number of hydrogen-bond acceptors (Lipinski definition) is 2. The first-order chi connectivity index (χ1) is 8.66. The Morgan fingerprint density at radius 3 is 2.94 bits per heavy atom. The Kier molecular flexibility index (Phi) is 5.04. The van der Waals surface area contributed by atoms with Gasteiger partial charge in [-0.3, -0.25) is 0 Å². The molecule has 100 valence electrons. The van der Waals surface area contributed by atoms with Crippen molar-refractivity contribution in [1.82, 2.24) is 10.2 Å². The van der Waals surface area contributed by atoms with Crippen molar-refractivity contribution in [1.29, 1.82) is 0 Å². The number of piperidine rings is 1. The third kappa shape index (κ3) is 3.71. The third-order valence-electron chi connectivity index (χ3n) is 3.81. The second-order valence-electron chi connectivity index (χ2n) is 5.42. The van der Waals surface area contributed by atoms with Gasteiger partial charge in [0.2, 0.25) is 0 Å². The highest BCUT2D eigenvalue weighted by molar-refractivity contribution is 6.31. The Morgan fingerprint density at radius 2 is 2.22 bits per heavy atom. The zero-order valence-electron chi connectivity index (χ0n) is 11.3. The van der Waals surface area contributed by atoms with Crippen LogP contribution < -0.4 is 5.32 Å². The molecule has 0 bridgehead atoms. The van der Waals surface area contributed by atoms with E-state index in [4.69, 9.17) is 11.6 Å². The molecule has 1 unspecified atom stereocenters. The summed E-state index contributed by atoms with van der Waals surface area (Å²) < 4.78 is 0. The smallest absolute Gasteiger partial charge is 0.0453 e. The number of rotatable bonds is 4. The SMILES string of the molecule is C[C@H](NCC1CCCN(C)C1)c1ccccc1Cl.